The number of hydrogen-bond acceptors (Lipinski definition) is 2. The van der Waals surface area contributed by atoms with Crippen LogP contribution in [0.4, 0.5) is 4.39 Å². The zero-order valence-electron chi connectivity index (χ0n) is 11.0. The van der Waals surface area contributed by atoms with Crippen LogP contribution in [-0.4, -0.2) is 28.9 Å². The highest BCUT2D eigenvalue weighted by Gasteiger charge is 2.28. The van der Waals surface area contributed by atoms with E-state index in [9.17, 15) is 9.18 Å². The van der Waals surface area contributed by atoms with Crippen LogP contribution in [-0.2, 0) is 0 Å². The second-order valence-corrected chi connectivity index (χ2v) is 5.31. The van der Waals surface area contributed by atoms with Gasteiger partial charge >= 0.3 is 0 Å². The predicted molar refractivity (Wildman–Crippen MR) is 65.2 cm³/mol. The quantitative estimate of drug-likeness (QED) is 0.793. The average molecular weight is 238 g/mol. The summed E-state index contributed by atoms with van der Waals surface area (Å²) in [5.41, 5.74) is 0.0204. The Balaban J connectivity index is 2.95. The summed E-state index contributed by atoms with van der Waals surface area (Å²) < 4.78 is 13.5. The van der Waals surface area contributed by atoms with Gasteiger partial charge in [-0.2, -0.15) is 0 Å². The minimum Gasteiger partial charge on any atom is -0.338 e. The van der Waals surface area contributed by atoms with Crippen molar-refractivity contribution in [3.05, 3.63) is 29.8 Å². The summed E-state index contributed by atoms with van der Waals surface area (Å²) in [4.78, 5) is 17.3. The molecule has 0 bridgehead atoms. The third-order valence-electron chi connectivity index (χ3n) is 3.16. The molecule has 0 saturated carbocycles. The summed E-state index contributed by atoms with van der Waals surface area (Å²) in [6.07, 6.45) is 2.48. The Morgan fingerprint density at radius 2 is 2.06 bits per heavy atom. The first-order valence-electron chi connectivity index (χ1n) is 5.62. The molecule has 0 saturated heterocycles. The number of aromatic nitrogens is 1. The van der Waals surface area contributed by atoms with Crippen LogP contribution >= 0.6 is 0 Å². The molecule has 94 valence electrons. The molecule has 4 heteroatoms. The van der Waals surface area contributed by atoms with E-state index in [1.165, 1.54) is 12.3 Å². The van der Waals surface area contributed by atoms with Gasteiger partial charge in [-0.25, -0.2) is 4.39 Å². The van der Waals surface area contributed by atoms with Crippen LogP contribution in [0.3, 0.4) is 0 Å². The molecular formula is C13H19FN2O. The molecular weight excluding hydrogens is 219 g/mol. The molecule has 0 aliphatic rings. The van der Waals surface area contributed by atoms with E-state index >= 15 is 0 Å². The Morgan fingerprint density at radius 1 is 1.47 bits per heavy atom. The SMILES string of the molecule is CC(N(C)C(=O)c1ccncc1F)C(C)(C)C. The molecule has 1 unspecified atom stereocenters. The third-order valence-corrected chi connectivity index (χ3v) is 3.16. The van der Waals surface area contributed by atoms with Crippen LogP contribution in [0.2, 0.25) is 0 Å². The first kappa shape index (κ1) is 13.6. The number of pyridine rings is 1. The molecule has 0 spiro atoms. The average Bonchev–Trinajstić information content (AvgIpc) is 2.25. The van der Waals surface area contributed by atoms with Gasteiger partial charge in [-0.1, -0.05) is 20.8 Å². The lowest BCUT2D eigenvalue weighted by Gasteiger charge is -2.35. The molecule has 0 radical (unpaired) electrons. The molecule has 17 heavy (non-hydrogen) atoms. The van der Waals surface area contributed by atoms with Crippen molar-refractivity contribution in [2.24, 2.45) is 5.41 Å². The van der Waals surface area contributed by atoms with E-state index in [1.807, 2.05) is 27.7 Å². The van der Waals surface area contributed by atoms with Crippen LogP contribution in [0.1, 0.15) is 38.1 Å². The van der Waals surface area contributed by atoms with E-state index in [2.05, 4.69) is 4.98 Å². The molecule has 0 aromatic carbocycles. The number of amides is 1. The number of halogens is 1. The van der Waals surface area contributed by atoms with Crippen LogP contribution < -0.4 is 0 Å². The number of carbonyl (C=O) groups excluding carboxylic acids is 1. The molecule has 0 aliphatic heterocycles. The summed E-state index contributed by atoms with van der Waals surface area (Å²) in [7, 11) is 1.69. The molecule has 1 aromatic heterocycles. The summed E-state index contributed by atoms with van der Waals surface area (Å²) in [6, 6.07) is 1.42. The Kier molecular flexibility index (Phi) is 3.86. The van der Waals surface area contributed by atoms with Gasteiger partial charge in [0.25, 0.3) is 5.91 Å². The molecule has 1 rings (SSSR count). The highest BCUT2D eigenvalue weighted by Crippen LogP contribution is 2.24. The maximum Gasteiger partial charge on any atom is 0.256 e. The molecule has 1 amide bonds. The second-order valence-electron chi connectivity index (χ2n) is 5.31. The minimum atomic E-state index is -0.578. The lowest BCUT2D eigenvalue weighted by Crippen LogP contribution is -2.43. The van der Waals surface area contributed by atoms with Gasteiger partial charge < -0.3 is 4.90 Å². The van der Waals surface area contributed by atoms with Crippen molar-refractivity contribution in [3.8, 4) is 0 Å². The number of carbonyl (C=O) groups is 1. The van der Waals surface area contributed by atoms with E-state index in [-0.39, 0.29) is 22.9 Å². The van der Waals surface area contributed by atoms with Crippen LogP contribution in [0.25, 0.3) is 0 Å². The molecule has 0 fully saturated rings. The molecule has 1 heterocycles. The van der Waals surface area contributed by atoms with Gasteiger partial charge in [-0.15, -0.1) is 0 Å². The topological polar surface area (TPSA) is 33.2 Å². The maximum absolute atomic E-state index is 13.5. The largest absolute Gasteiger partial charge is 0.338 e. The summed E-state index contributed by atoms with van der Waals surface area (Å²) in [6.45, 7) is 8.09. The minimum absolute atomic E-state index is 0.0163. The van der Waals surface area contributed by atoms with Crippen LogP contribution in [0.5, 0.6) is 0 Å². The Hall–Kier alpha value is -1.45. The first-order chi connectivity index (χ1) is 7.75. The van der Waals surface area contributed by atoms with Crippen molar-refractivity contribution in [1.29, 1.82) is 0 Å². The smallest absolute Gasteiger partial charge is 0.256 e. The van der Waals surface area contributed by atoms with E-state index in [0.29, 0.717) is 0 Å². The van der Waals surface area contributed by atoms with Crippen molar-refractivity contribution in [3.63, 3.8) is 0 Å². The van der Waals surface area contributed by atoms with Crippen LogP contribution in [0.15, 0.2) is 18.5 Å². The van der Waals surface area contributed by atoms with E-state index < -0.39 is 5.82 Å². The second kappa shape index (κ2) is 4.82. The molecule has 3 nitrogen and oxygen atoms in total. The summed E-state index contributed by atoms with van der Waals surface area (Å²) >= 11 is 0. The number of hydrogen-bond donors (Lipinski definition) is 0. The van der Waals surface area contributed by atoms with Crippen molar-refractivity contribution < 1.29 is 9.18 Å². The molecule has 0 aliphatic carbocycles. The van der Waals surface area contributed by atoms with Crippen molar-refractivity contribution in [1.82, 2.24) is 9.88 Å². The third kappa shape index (κ3) is 3.02. The highest BCUT2D eigenvalue weighted by molar-refractivity contribution is 5.94. The molecule has 1 aromatic rings. The molecule has 1 atom stereocenters. The Morgan fingerprint density at radius 3 is 2.53 bits per heavy atom. The van der Waals surface area contributed by atoms with Crippen molar-refractivity contribution in [2.75, 3.05) is 7.05 Å². The Labute approximate surface area is 102 Å². The van der Waals surface area contributed by atoms with Gasteiger partial charge in [0.15, 0.2) is 5.82 Å². The zero-order valence-corrected chi connectivity index (χ0v) is 11.0. The fourth-order valence-electron chi connectivity index (χ4n) is 1.50. The summed E-state index contributed by atoms with van der Waals surface area (Å²) in [5.74, 6) is -0.891. The monoisotopic (exact) mass is 238 g/mol. The predicted octanol–water partition coefficient (Wildman–Crippen LogP) is 2.73. The van der Waals surface area contributed by atoms with Crippen LogP contribution in [0, 0.1) is 11.2 Å². The van der Waals surface area contributed by atoms with E-state index in [1.54, 1.807) is 11.9 Å². The summed E-state index contributed by atoms with van der Waals surface area (Å²) in [5, 5.41) is 0. The lowest BCUT2D eigenvalue weighted by atomic mass is 9.87. The fraction of sp³-hybridized carbons (Fsp3) is 0.538. The van der Waals surface area contributed by atoms with E-state index in [0.717, 1.165) is 6.20 Å². The van der Waals surface area contributed by atoms with Gasteiger partial charge in [0.2, 0.25) is 0 Å². The van der Waals surface area contributed by atoms with Gasteiger partial charge in [-0.3, -0.25) is 9.78 Å². The normalized spacial score (nSPS) is 13.3. The highest BCUT2D eigenvalue weighted by atomic mass is 19.1. The molecule has 0 N–H and O–H groups in total. The van der Waals surface area contributed by atoms with E-state index in [4.69, 9.17) is 0 Å². The van der Waals surface area contributed by atoms with Crippen molar-refractivity contribution >= 4 is 5.91 Å². The Bertz CT molecular complexity index is 412. The lowest BCUT2D eigenvalue weighted by molar-refractivity contribution is 0.0624. The maximum atomic E-state index is 13.5. The first-order valence-corrected chi connectivity index (χ1v) is 5.62. The van der Waals surface area contributed by atoms with Gasteiger partial charge in [0, 0.05) is 19.3 Å². The number of nitrogens with zero attached hydrogens (tertiary/aromatic N) is 2. The van der Waals surface area contributed by atoms with Crippen molar-refractivity contribution in [2.45, 2.75) is 33.7 Å². The number of rotatable bonds is 2. The van der Waals surface area contributed by atoms with Gasteiger partial charge in [0.1, 0.15) is 0 Å². The van der Waals surface area contributed by atoms with Gasteiger partial charge in [0.05, 0.1) is 11.8 Å². The standard InChI is InChI=1S/C13H19FN2O/c1-9(13(2,3)4)16(5)12(17)10-6-7-15-8-11(10)14/h6-9H,1-5H3. The van der Waals surface area contributed by atoms with Gasteiger partial charge in [-0.05, 0) is 18.4 Å². The zero-order chi connectivity index (χ0) is 13.2. The fourth-order valence-corrected chi connectivity index (χ4v) is 1.50.